The maximum atomic E-state index is 10.8. The van der Waals surface area contributed by atoms with Gasteiger partial charge in [-0.15, -0.1) is 0 Å². The van der Waals surface area contributed by atoms with Crippen molar-refractivity contribution in [1.82, 2.24) is 5.32 Å². The highest BCUT2D eigenvalue weighted by atomic mass is 32.1. The van der Waals surface area contributed by atoms with Crippen LogP contribution in [0.25, 0.3) is 11.1 Å². The second-order valence-corrected chi connectivity index (χ2v) is 4.09. The summed E-state index contributed by atoms with van der Waals surface area (Å²) in [7, 11) is 0. The lowest BCUT2D eigenvalue weighted by molar-refractivity contribution is 0.261. The molecule has 2 nitrogen and oxygen atoms in total. The van der Waals surface area contributed by atoms with Crippen molar-refractivity contribution >= 4 is 17.9 Å². The first-order chi connectivity index (χ1) is 8.27. The summed E-state index contributed by atoms with van der Waals surface area (Å²) in [5.41, 5.74) is 3.37. The molecule has 0 aliphatic heterocycles. The number of benzene rings is 2. The highest BCUT2D eigenvalue weighted by Gasteiger charge is 2.04. The summed E-state index contributed by atoms with van der Waals surface area (Å²) in [6.45, 7) is 0.493. The van der Waals surface area contributed by atoms with Crippen molar-refractivity contribution in [2.45, 2.75) is 6.54 Å². The predicted molar refractivity (Wildman–Crippen MR) is 73.1 cm³/mol. The molecule has 2 aromatic carbocycles. The maximum absolute atomic E-state index is 10.8. The van der Waals surface area contributed by atoms with Gasteiger partial charge in [-0.1, -0.05) is 67.2 Å². The Labute approximate surface area is 106 Å². The van der Waals surface area contributed by atoms with Crippen LogP contribution in [0.1, 0.15) is 5.56 Å². The summed E-state index contributed by atoms with van der Waals surface area (Å²) in [6, 6.07) is 18.1. The van der Waals surface area contributed by atoms with Crippen LogP contribution in [0.15, 0.2) is 54.6 Å². The van der Waals surface area contributed by atoms with Crippen LogP contribution in [0.3, 0.4) is 0 Å². The Morgan fingerprint density at radius 1 is 1.00 bits per heavy atom. The minimum absolute atomic E-state index is 0.312. The van der Waals surface area contributed by atoms with Crippen LogP contribution >= 0.6 is 12.6 Å². The van der Waals surface area contributed by atoms with Crippen molar-refractivity contribution in [2.75, 3.05) is 0 Å². The van der Waals surface area contributed by atoms with E-state index in [-0.39, 0.29) is 5.24 Å². The average molecular weight is 243 g/mol. The summed E-state index contributed by atoms with van der Waals surface area (Å²) in [5.74, 6) is 0. The lowest BCUT2D eigenvalue weighted by atomic mass is 10.00. The van der Waals surface area contributed by atoms with Gasteiger partial charge in [0.2, 0.25) is 0 Å². The molecule has 1 amide bonds. The number of hydrogen-bond acceptors (Lipinski definition) is 1. The fraction of sp³-hybridized carbons (Fsp3) is 0.0714. The Morgan fingerprint density at radius 3 is 2.35 bits per heavy atom. The second-order valence-electron chi connectivity index (χ2n) is 3.68. The third kappa shape index (κ3) is 3.11. The van der Waals surface area contributed by atoms with Gasteiger partial charge < -0.3 is 5.32 Å². The van der Waals surface area contributed by atoms with Gasteiger partial charge in [0.1, 0.15) is 0 Å². The second kappa shape index (κ2) is 5.55. The number of nitrogens with one attached hydrogen (secondary N) is 1. The van der Waals surface area contributed by atoms with Crippen LogP contribution in [0.4, 0.5) is 4.79 Å². The number of amides is 1. The van der Waals surface area contributed by atoms with Crippen LogP contribution in [0, 0.1) is 0 Å². The molecule has 2 aromatic rings. The molecule has 0 heterocycles. The molecule has 0 aliphatic carbocycles. The largest absolute Gasteiger partial charge is 0.343 e. The van der Waals surface area contributed by atoms with E-state index in [9.17, 15) is 4.79 Å². The monoisotopic (exact) mass is 243 g/mol. The molecule has 0 fully saturated rings. The Bertz CT molecular complexity index is 511. The number of thiol groups is 1. The van der Waals surface area contributed by atoms with E-state index in [4.69, 9.17) is 0 Å². The van der Waals surface area contributed by atoms with Crippen LogP contribution in [0.5, 0.6) is 0 Å². The molecule has 17 heavy (non-hydrogen) atoms. The zero-order chi connectivity index (χ0) is 12.1. The van der Waals surface area contributed by atoms with Crippen molar-refractivity contribution in [2.24, 2.45) is 0 Å². The van der Waals surface area contributed by atoms with Crippen LogP contribution < -0.4 is 5.32 Å². The number of carbonyl (C=O) groups excluding carboxylic acids is 1. The summed E-state index contributed by atoms with van der Waals surface area (Å²) in [6.07, 6.45) is 0. The SMILES string of the molecule is O=C(S)NCc1ccccc1-c1ccccc1. The van der Waals surface area contributed by atoms with Crippen LogP contribution in [0.2, 0.25) is 0 Å². The molecule has 0 atom stereocenters. The standard InChI is InChI=1S/C14H13NOS/c16-14(17)15-10-12-8-4-5-9-13(12)11-6-2-1-3-7-11/h1-9H,10H2,(H2,15,16,17). The van der Waals surface area contributed by atoms with E-state index in [1.54, 1.807) is 0 Å². The summed E-state index contributed by atoms with van der Waals surface area (Å²) >= 11 is 3.70. The van der Waals surface area contributed by atoms with Crippen molar-refractivity contribution < 1.29 is 4.79 Å². The van der Waals surface area contributed by atoms with Crippen molar-refractivity contribution in [3.8, 4) is 11.1 Å². The van der Waals surface area contributed by atoms with Crippen LogP contribution in [-0.2, 0) is 6.54 Å². The summed E-state index contributed by atoms with van der Waals surface area (Å²) in [4.78, 5) is 10.8. The van der Waals surface area contributed by atoms with Gasteiger partial charge in [-0.05, 0) is 16.7 Å². The molecule has 86 valence electrons. The fourth-order valence-electron chi connectivity index (χ4n) is 1.74. The van der Waals surface area contributed by atoms with Crippen molar-refractivity contribution in [3.05, 3.63) is 60.2 Å². The Balaban J connectivity index is 2.31. The maximum Gasteiger partial charge on any atom is 0.276 e. The average Bonchev–Trinajstić information content (AvgIpc) is 2.38. The molecule has 0 aromatic heterocycles. The minimum Gasteiger partial charge on any atom is -0.343 e. The zero-order valence-electron chi connectivity index (χ0n) is 9.26. The molecule has 3 heteroatoms. The van der Waals surface area contributed by atoms with Gasteiger partial charge >= 0.3 is 0 Å². The zero-order valence-corrected chi connectivity index (χ0v) is 10.2. The number of carbonyl (C=O) groups is 1. The van der Waals surface area contributed by atoms with Gasteiger partial charge in [0.15, 0.2) is 0 Å². The summed E-state index contributed by atoms with van der Waals surface area (Å²) < 4.78 is 0. The highest BCUT2D eigenvalue weighted by molar-refractivity contribution is 7.96. The number of hydrogen-bond donors (Lipinski definition) is 2. The van der Waals surface area contributed by atoms with Gasteiger partial charge in [0, 0.05) is 6.54 Å². The molecule has 0 aliphatic rings. The lowest BCUT2D eigenvalue weighted by Crippen LogP contribution is -2.16. The molecule has 0 unspecified atom stereocenters. The first kappa shape index (κ1) is 11.7. The fourth-order valence-corrected chi connectivity index (χ4v) is 1.82. The summed E-state index contributed by atoms with van der Waals surface area (Å²) in [5, 5.41) is 2.39. The molecule has 0 saturated carbocycles. The molecular formula is C14H13NOS. The highest BCUT2D eigenvalue weighted by Crippen LogP contribution is 2.23. The molecule has 0 saturated heterocycles. The van der Waals surface area contributed by atoms with Crippen molar-refractivity contribution in [1.29, 1.82) is 0 Å². The lowest BCUT2D eigenvalue weighted by Gasteiger charge is -2.09. The Morgan fingerprint density at radius 2 is 1.65 bits per heavy atom. The van der Waals surface area contributed by atoms with Gasteiger partial charge in [-0.25, -0.2) is 0 Å². The predicted octanol–water partition coefficient (Wildman–Crippen LogP) is 3.49. The molecule has 1 N–H and O–H groups in total. The topological polar surface area (TPSA) is 29.1 Å². The molecular weight excluding hydrogens is 230 g/mol. The van der Waals surface area contributed by atoms with E-state index in [2.05, 4.69) is 36.1 Å². The van der Waals surface area contributed by atoms with E-state index in [1.807, 2.05) is 36.4 Å². The van der Waals surface area contributed by atoms with Crippen LogP contribution in [-0.4, -0.2) is 5.24 Å². The Hall–Kier alpha value is -1.74. The normalized spacial score (nSPS) is 9.94. The van der Waals surface area contributed by atoms with E-state index in [1.165, 1.54) is 0 Å². The molecule has 0 radical (unpaired) electrons. The van der Waals surface area contributed by atoms with E-state index in [0.717, 1.165) is 16.7 Å². The first-order valence-electron chi connectivity index (χ1n) is 5.37. The molecule has 0 spiro atoms. The quantitative estimate of drug-likeness (QED) is 0.794. The third-order valence-corrected chi connectivity index (χ3v) is 2.69. The minimum atomic E-state index is -0.312. The first-order valence-corrected chi connectivity index (χ1v) is 5.82. The van der Waals surface area contributed by atoms with Gasteiger partial charge in [-0.3, -0.25) is 4.79 Å². The van der Waals surface area contributed by atoms with E-state index in [0.29, 0.717) is 6.54 Å². The number of rotatable bonds is 3. The van der Waals surface area contributed by atoms with Crippen molar-refractivity contribution in [3.63, 3.8) is 0 Å². The van der Waals surface area contributed by atoms with Gasteiger partial charge in [-0.2, -0.15) is 0 Å². The molecule has 0 bridgehead atoms. The molecule has 2 rings (SSSR count). The smallest absolute Gasteiger partial charge is 0.276 e. The Kier molecular flexibility index (Phi) is 3.83. The third-order valence-electron chi connectivity index (χ3n) is 2.53. The van der Waals surface area contributed by atoms with Gasteiger partial charge in [0.25, 0.3) is 5.24 Å². The van der Waals surface area contributed by atoms with E-state index >= 15 is 0 Å². The van der Waals surface area contributed by atoms with Gasteiger partial charge in [0.05, 0.1) is 0 Å². The van der Waals surface area contributed by atoms with E-state index < -0.39 is 0 Å².